The Kier molecular flexibility index (Phi) is 6.43. The van der Waals surface area contributed by atoms with Crippen molar-refractivity contribution in [2.45, 2.75) is 19.8 Å². The fraction of sp³-hybridized carbons (Fsp3) is 0.385. The molecule has 98 valence electrons. The molecule has 4 nitrogen and oxygen atoms in total. The molecule has 0 saturated carbocycles. The Labute approximate surface area is 115 Å². The molecule has 0 heterocycles. The average molecular weight is 313 g/mol. The second-order valence-corrected chi connectivity index (χ2v) is 4.61. The normalized spacial score (nSPS) is 9.89. The van der Waals surface area contributed by atoms with Gasteiger partial charge in [0.1, 0.15) is 0 Å². The lowest BCUT2D eigenvalue weighted by molar-refractivity contribution is -0.120. The van der Waals surface area contributed by atoms with E-state index in [1.165, 1.54) is 0 Å². The first kappa shape index (κ1) is 14.7. The number of halogens is 1. The van der Waals surface area contributed by atoms with Crippen molar-refractivity contribution in [3.8, 4) is 0 Å². The fourth-order valence-corrected chi connectivity index (χ4v) is 1.82. The number of benzene rings is 1. The Balaban J connectivity index is 2.52. The van der Waals surface area contributed by atoms with Crippen LogP contribution in [-0.4, -0.2) is 23.7 Å². The third kappa shape index (κ3) is 5.31. The third-order valence-corrected chi connectivity index (χ3v) is 2.69. The molecule has 2 N–H and O–H groups in total. The van der Waals surface area contributed by atoms with E-state index < -0.39 is 0 Å². The smallest absolute Gasteiger partial charge is 0.225 e. The minimum Gasteiger partial charge on any atom is -0.356 e. The Morgan fingerprint density at radius 3 is 2.39 bits per heavy atom. The molecule has 18 heavy (non-hydrogen) atoms. The van der Waals surface area contributed by atoms with Crippen LogP contribution in [-0.2, 0) is 16.0 Å². The maximum Gasteiger partial charge on any atom is 0.225 e. The van der Waals surface area contributed by atoms with E-state index in [-0.39, 0.29) is 11.8 Å². The molecule has 0 unspecified atom stereocenters. The van der Waals surface area contributed by atoms with Crippen molar-refractivity contribution in [3.63, 3.8) is 0 Å². The van der Waals surface area contributed by atoms with E-state index in [4.69, 9.17) is 0 Å². The van der Waals surface area contributed by atoms with Crippen molar-refractivity contribution in [2.24, 2.45) is 0 Å². The number of carbonyl (C=O) groups excluding carboxylic acids is 2. The number of nitrogens with one attached hydrogen (secondary N) is 2. The molecule has 0 fully saturated rings. The average Bonchev–Trinajstić information content (AvgIpc) is 2.32. The van der Waals surface area contributed by atoms with Crippen molar-refractivity contribution in [2.75, 3.05) is 17.2 Å². The van der Waals surface area contributed by atoms with Gasteiger partial charge in [0.25, 0.3) is 0 Å². The van der Waals surface area contributed by atoms with Crippen molar-refractivity contribution < 1.29 is 9.59 Å². The van der Waals surface area contributed by atoms with Crippen LogP contribution in [0.25, 0.3) is 0 Å². The number of likely N-dealkylation sites (N-methyl/N-ethyl adjacent to an activating group) is 1. The Morgan fingerprint density at radius 2 is 1.83 bits per heavy atom. The molecule has 0 aliphatic heterocycles. The molecule has 2 amide bonds. The van der Waals surface area contributed by atoms with E-state index in [1.807, 2.05) is 19.1 Å². The van der Waals surface area contributed by atoms with Crippen LogP contribution in [0.15, 0.2) is 24.3 Å². The first-order chi connectivity index (χ1) is 8.65. The van der Waals surface area contributed by atoms with E-state index in [9.17, 15) is 9.59 Å². The maximum atomic E-state index is 11.4. The zero-order valence-electron chi connectivity index (χ0n) is 10.3. The van der Waals surface area contributed by atoms with Crippen LogP contribution >= 0.6 is 15.9 Å². The molecule has 0 saturated heterocycles. The van der Waals surface area contributed by atoms with Crippen molar-refractivity contribution in [3.05, 3.63) is 29.8 Å². The van der Waals surface area contributed by atoms with Crippen LogP contribution in [0.4, 0.5) is 5.69 Å². The molecule has 1 rings (SSSR count). The Bertz CT molecular complexity index is 365. The van der Waals surface area contributed by atoms with E-state index in [0.717, 1.165) is 11.3 Å². The number of anilines is 1. The summed E-state index contributed by atoms with van der Waals surface area (Å²) in [6, 6.07) is 7.30. The second-order valence-electron chi connectivity index (χ2n) is 3.81. The number of hydrogen-bond acceptors (Lipinski definition) is 2. The number of alkyl halides is 1. The van der Waals surface area contributed by atoms with Gasteiger partial charge in [0.2, 0.25) is 11.8 Å². The van der Waals surface area contributed by atoms with E-state index in [1.54, 1.807) is 12.1 Å². The third-order valence-electron chi connectivity index (χ3n) is 2.30. The Morgan fingerprint density at radius 1 is 1.17 bits per heavy atom. The summed E-state index contributed by atoms with van der Waals surface area (Å²) in [7, 11) is 0. The van der Waals surface area contributed by atoms with E-state index in [2.05, 4.69) is 26.6 Å². The SMILES string of the molecule is CCNC(=O)Cc1ccc(NC(=O)CCBr)cc1. The summed E-state index contributed by atoms with van der Waals surface area (Å²) in [5.41, 5.74) is 1.68. The molecule has 1 aromatic carbocycles. The first-order valence-electron chi connectivity index (χ1n) is 5.87. The van der Waals surface area contributed by atoms with Gasteiger partial charge in [-0.1, -0.05) is 28.1 Å². The number of hydrogen-bond donors (Lipinski definition) is 2. The van der Waals surface area contributed by atoms with Gasteiger partial charge in [-0.3, -0.25) is 9.59 Å². The summed E-state index contributed by atoms with van der Waals surface area (Å²) < 4.78 is 0. The summed E-state index contributed by atoms with van der Waals surface area (Å²) in [5, 5.41) is 6.17. The monoisotopic (exact) mass is 312 g/mol. The van der Waals surface area contributed by atoms with Crippen LogP contribution < -0.4 is 10.6 Å². The lowest BCUT2D eigenvalue weighted by atomic mass is 10.1. The second kappa shape index (κ2) is 7.87. The molecule has 0 aliphatic rings. The zero-order chi connectivity index (χ0) is 13.4. The summed E-state index contributed by atoms with van der Waals surface area (Å²) in [6.45, 7) is 2.53. The van der Waals surface area contributed by atoms with Gasteiger partial charge < -0.3 is 10.6 Å². The van der Waals surface area contributed by atoms with Gasteiger partial charge >= 0.3 is 0 Å². The van der Waals surface area contributed by atoms with Gasteiger partial charge in [0.05, 0.1) is 6.42 Å². The molecule has 5 heteroatoms. The summed E-state index contributed by atoms with van der Waals surface area (Å²) >= 11 is 3.21. The summed E-state index contributed by atoms with van der Waals surface area (Å²) in [4.78, 5) is 22.7. The number of amides is 2. The van der Waals surface area contributed by atoms with Crippen LogP contribution in [0.5, 0.6) is 0 Å². The molecule has 0 bridgehead atoms. The van der Waals surface area contributed by atoms with Gasteiger partial charge in [0.15, 0.2) is 0 Å². The quantitative estimate of drug-likeness (QED) is 0.790. The molecule has 1 aromatic rings. The highest BCUT2D eigenvalue weighted by molar-refractivity contribution is 9.09. The lowest BCUT2D eigenvalue weighted by Crippen LogP contribution is -2.24. The topological polar surface area (TPSA) is 58.2 Å². The van der Waals surface area contributed by atoms with Crippen molar-refractivity contribution in [1.29, 1.82) is 0 Å². The number of rotatable bonds is 6. The minimum absolute atomic E-state index is 0.00794. The molecule has 0 radical (unpaired) electrons. The van der Waals surface area contributed by atoms with Crippen LogP contribution in [0, 0.1) is 0 Å². The predicted octanol–water partition coefficient (Wildman–Crippen LogP) is 2.09. The van der Waals surface area contributed by atoms with Gasteiger partial charge in [-0.2, -0.15) is 0 Å². The fourth-order valence-electron chi connectivity index (χ4n) is 1.46. The van der Waals surface area contributed by atoms with Gasteiger partial charge in [-0.05, 0) is 24.6 Å². The van der Waals surface area contributed by atoms with Gasteiger partial charge in [0, 0.05) is 24.0 Å². The molecule has 0 aliphatic carbocycles. The predicted molar refractivity (Wildman–Crippen MR) is 75.9 cm³/mol. The van der Waals surface area contributed by atoms with Crippen molar-refractivity contribution >= 4 is 33.4 Å². The highest BCUT2D eigenvalue weighted by atomic mass is 79.9. The van der Waals surface area contributed by atoms with Gasteiger partial charge in [-0.15, -0.1) is 0 Å². The van der Waals surface area contributed by atoms with Crippen LogP contribution in [0.2, 0.25) is 0 Å². The number of carbonyl (C=O) groups is 2. The summed E-state index contributed by atoms with van der Waals surface area (Å²) in [6.07, 6.45) is 0.810. The van der Waals surface area contributed by atoms with E-state index >= 15 is 0 Å². The largest absolute Gasteiger partial charge is 0.356 e. The molecule has 0 aromatic heterocycles. The lowest BCUT2D eigenvalue weighted by Gasteiger charge is -2.06. The van der Waals surface area contributed by atoms with Gasteiger partial charge in [-0.25, -0.2) is 0 Å². The maximum absolute atomic E-state index is 11.4. The van der Waals surface area contributed by atoms with Crippen LogP contribution in [0.1, 0.15) is 18.9 Å². The molecule has 0 atom stereocenters. The molecule has 0 spiro atoms. The molecular formula is C13H17BrN2O2. The minimum atomic E-state index is -0.0247. The van der Waals surface area contributed by atoms with E-state index in [0.29, 0.717) is 24.7 Å². The molecular weight excluding hydrogens is 296 g/mol. The highest BCUT2D eigenvalue weighted by Crippen LogP contribution is 2.10. The summed E-state index contributed by atoms with van der Waals surface area (Å²) in [5.74, 6) is -0.0167. The zero-order valence-corrected chi connectivity index (χ0v) is 11.9. The van der Waals surface area contributed by atoms with Crippen LogP contribution in [0.3, 0.4) is 0 Å². The standard InChI is InChI=1S/C13H17BrN2O2/c1-2-15-13(18)9-10-3-5-11(6-4-10)16-12(17)7-8-14/h3-6H,2,7-9H2,1H3,(H,15,18)(H,16,17). The van der Waals surface area contributed by atoms with Crippen molar-refractivity contribution in [1.82, 2.24) is 5.32 Å². The first-order valence-corrected chi connectivity index (χ1v) is 6.99. The Hall–Kier alpha value is -1.36. The highest BCUT2D eigenvalue weighted by Gasteiger charge is 2.03.